The third-order valence-electron chi connectivity index (χ3n) is 3.40. The van der Waals surface area contributed by atoms with E-state index in [0.717, 1.165) is 25.0 Å². The van der Waals surface area contributed by atoms with Crippen molar-refractivity contribution in [3.63, 3.8) is 0 Å². The van der Waals surface area contributed by atoms with Crippen LogP contribution in [0, 0.1) is 10.1 Å². The van der Waals surface area contributed by atoms with Crippen LogP contribution in [0.2, 0.25) is 0 Å². The molecule has 1 aliphatic carbocycles. The van der Waals surface area contributed by atoms with Gasteiger partial charge in [0.1, 0.15) is 0 Å². The molecular formula is C12H18N4O4S. The van der Waals surface area contributed by atoms with Crippen molar-refractivity contribution in [1.29, 1.82) is 0 Å². The highest BCUT2D eigenvalue weighted by Gasteiger charge is 2.28. The Hall–Kier alpha value is -1.71. The van der Waals surface area contributed by atoms with Crippen LogP contribution in [0.5, 0.6) is 0 Å². The smallest absolute Gasteiger partial charge is 0.289 e. The summed E-state index contributed by atoms with van der Waals surface area (Å²) < 4.78 is 26.8. The van der Waals surface area contributed by atoms with Crippen LogP contribution in [0.15, 0.2) is 23.1 Å². The van der Waals surface area contributed by atoms with E-state index in [4.69, 9.17) is 5.73 Å². The van der Waals surface area contributed by atoms with Gasteiger partial charge in [0.15, 0.2) is 4.90 Å². The molecule has 0 bridgehead atoms. The molecule has 8 nitrogen and oxygen atoms in total. The number of nitrogens with two attached hydrogens (primary N) is 1. The summed E-state index contributed by atoms with van der Waals surface area (Å²) in [6.45, 7) is 0.751. The average Bonchev–Trinajstić information content (AvgIpc) is 3.22. The number of nitrogens with zero attached hydrogens (tertiary/aromatic N) is 2. The first kappa shape index (κ1) is 15.7. The molecule has 0 radical (unpaired) electrons. The van der Waals surface area contributed by atoms with Crippen molar-refractivity contribution in [2.75, 3.05) is 25.9 Å². The lowest BCUT2D eigenvalue weighted by atomic mass is 10.3. The van der Waals surface area contributed by atoms with Crippen LogP contribution >= 0.6 is 0 Å². The molecule has 21 heavy (non-hydrogen) atoms. The van der Waals surface area contributed by atoms with Crippen molar-refractivity contribution in [2.45, 2.75) is 23.8 Å². The molecule has 9 heteroatoms. The minimum absolute atomic E-state index is 0.163. The van der Waals surface area contributed by atoms with Gasteiger partial charge in [0, 0.05) is 30.9 Å². The predicted octanol–water partition coefficient (Wildman–Crippen LogP) is 0.550. The van der Waals surface area contributed by atoms with Gasteiger partial charge in [-0.05, 0) is 32.0 Å². The van der Waals surface area contributed by atoms with Gasteiger partial charge >= 0.3 is 0 Å². The molecule has 0 heterocycles. The largest absolute Gasteiger partial charge is 0.399 e. The summed E-state index contributed by atoms with van der Waals surface area (Å²) in [6, 6.07) is 4.03. The number of likely N-dealkylation sites (N-methyl/N-ethyl adjacent to an activating group) is 1. The molecule has 116 valence electrons. The van der Waals surface area contributed by atoms with E-state index >= 15 is 0 Å². The third kappa shape index (κ3) is 3.90. The maximum Gasteiger partial charge on any atom is 0.289 e. The number of nitrogen functional groups attached to an aromatic ring is 1. The Morgan fingerprint density at radius 3 is 2.71 bits per heavy atom. The zero-order chi connectivity index (χ0) is 15.6. The van der Waals surface area contributed by atoms with E-state index in [-0.39, 0.29) is 12.2 Å². The van der Waals surface area contributed by atoms with Crippen LogP contribution in [-0.2, 0) is 10.0 Å². The summed E-state index contributed by atoms with van der Waals surface area (Å²) in [7, 11) is -2.03. The summed E-state index contributed by atoms with van der Waals surface area (Å²) in [5.41, 5.74) is 5.21. The van der Waals surface area contributed by atoms with Crippen molar-refractivity contribution < 1.29 is 13.3 Å². The SMILES string of the molecule is CN(CCNS(=O)(=O)c1cc(N)ccc1[N+](=O)[O-])C1CC1. The fraction of sp³-hybridized carbons (Fsp3) is 0.500. The molecule has 0 unspecified atom stereocenters. The molecular weight excluding hydrogens is 296 g/mol. The number of nitrogens with one attached hydrogen (secondary N) is 1. The van der Waals surface area contributed by atoms with E-state index in [2.05, 4.69) is 9.62 Å². The molecule has 3 N–H and O–H groups in total. The van der Waals surface area contributed by atoms with E-state index in [0.29, 0.717) is 12.6 Å². The number of anilines is 1. The number of benzene rings is 1. The Bertz CT molecular complexity index is 643. The molecule has 2 rings (SSSR count). The van der Waals surface area contributed by atoms with E-state index in [1.165, 1.54) is 6.07 Å². The van der Waals surface area contributed by atoms with Gasteiger partial charge in [-0.1, -0.05) is 0 Å². The van der Waals surface area contributed by atoms with Crippen molar-refractivity contribution in [3.05, 3.63) is 28.3 Å². The molecule has 0 spiro atoms. The first-order valence-electron chi connectivity index (χ1n) is 6.55. The summed E-state index contributed by atoms with van der Waals surface area (Å²) in [5, 5.41) is 10.9. The molecule has 0 saturated heterocycles. The summed E-state index contributed by atoms with van der Waals surface area (Å²) in [6.07, 6.45) is 2.26. The van der Waals surface area contributed by atoms with Gasteiger partial charge in [0.25, 0.3) is 5.69 Å². The van der Waals surface area contributed by atoms with E-state index in [1.54, 1.807) is 0 Å². The number of rotatable bonds is 7. The number of hydrogen-bond acceptors (Lipinski definition) is 6. The number of nitro groups is 1. The van der Waals surface area contributed by atoms with E-state index < -0.39 is 25.5 Å². The van der Waals surface area contributed by atoms with Crippen molar-refractivity contribution >= 4 is 21.4 Å². The van der Waals surface area contributed by atoms with Crippen molar-refractivity contribution in [1.82, 2.24) is 9.62 Å². The topological polar surface area (TPSA) is 119 Å². The highest BCUT2D eigenvalue weighted by Crippen LogP contribution is 2.26. The van der Waals surface area contributed by atoms with Crippen LogP contribution in [0.25, 0.3) is 0 Å². The summed E-state index contributed by atoms with van der Waals surface area (Å²) in [5.74, 6) is 0. The van der Waals surface area contributed by atoms with Gasteiger partial charge in [-0.2, -0.15) is 0 Å². The van der Waals surface area contributed by atoms with E-state index in [1.807, 2.05) is 7.05 Å². The Kier molecular flexibility index (Phi) is 4.45. The van der Waals surface area contributed by atoms with Gasteiger partial charge in [-0.3, -0.25) is 10.1 Å². The van der Waals surface area contributed by atoms with Gasteiger partial charge in [-0.25, -0.2) is 13.1 Å². The fourth-order valence-corrected chi connectivity index (χ4v) is 3.25. The van der Waals surface area contributed by atoms with Crippen LogP contribution in [0.1, 0.15) is 12.8 Å². The summed E-state index contributed by atoms with van der Waals surface area (Å²) in [4.78, 5) is 11.9. The Morgan fingerprint density at radius 2 is 2.14 bits per heavy atom. The van der Waals surface area contributed by atoms with Crippen molar-refractivity contribution in [2.24, 2.45) is 0 Å². The molecule has 1 fully saturated rings. The molecule has 0 aromatic heterocycles. The van der Waals surface area contributed by atoms with Crippen molar-refractivity contribution in [3.8, 4) is 0 Å². The maximum absolute atomic E-state index is 12.2. The predicted molar refractivity (Wildman–Crippen MR) is 78.3 cm³/mol. The minimum atomic E-state index is -3.96. The van der Waals surface area contributed by atoms with E-state index in [9.17, 15) is 18.5 Å². The Balaban J connectivity index is 2.11. The molecule has 1 aromatic carbocycles. The van der Waals surface area contributed by atoms with Gasteiger partial charge < -0.3 is 10.6 Å². The second-order valence-corrected chi connectivity index (χ2v) is 6.83. The zero-order valence-electron chi connectivity index (χ0n) is 11.7. The molecule has 0 amide bonds. The van der Waals surface area contributed by atoms with Crippen LogP contribution in [0.4, 0.5) is 11.4 Å². The normalized spacial score (nSPS) is 15.3. The molecule has 0 aliphatic heterocycles. The third-order valence-corrected chi connectivity index (χ3v) is 4.89. The molecule has 0 atom stereocenters. The lowest BCUT2D eigenvalue weighted by Crippen LogP contribution is -2.34. The first-order chi connectivity index (χ1) is 9.81. The summed E-state index contributed by atoms with van der Waals surface area (Å²) >= 11 is 0. The van der Waals surface area contributed by atoms with Gasteiger partial charge in [0.2, 0.25) is 10.0 Å². The first-order valence-corrected chi connectivity index (χ1v) is 8.03. The Labute approximate surface area is 123 Å². The Morgan fingerprint density at radius 1 is 1.48 bits per heavy atom. The van der Waals surface area contributed by atoms with Crippen LogP contribution in [-0.4, -0.2) is 44.4 Å². The maximum atomic E-state index is 12.2. The lowest BCUT2D eigenvalue weighted by molar-refractivity contribution is -0.387. The zero-order valence-corrected chi connectivity index (χ0v) is 12.5. The monoisotopic (exact) mass is 314 g/mol. The number of sulfonamides is 1. The van der Waals surface area contributed by atoms with Crippen LogP contribution < -0.4 is 10.5 Å². The van der Waals surface area contributed by atoms with Gasteiger partial charge in [-0.15, -0.1) is 0 Å². The fourth-order valence-electron chi connectivity index (χ4n) is 2.03. The molecule has 1 aliphatic rings. The number of nitro benzene ring substituents is 1. The number of hydrogen-bond donors (Lipinski definition) is 2. The highest BCUT2D eigenvalue weighted by atomic mass is 32.2. The quantitative estimate of drug-likeness (QED) is 0.431. The van der Waals surface area contributed by atoms with Gasteiger partial charge in [0.05, 0.1) is 4.92 Å². The second kappa shape index (κ2) is 5.96. The minimum Gasteiger partial charge on any atom is -0.399 e. The average molecular weight is 314 g/mol. The second-order valence-electron chi connectivity index (χ2n) is 5.09. The molecule has 1 saturated carbocycles. The molecule has 1 aromatic rings. The van der Waals surface area contributed by atoms with Crippen LogP contribution in [0.3, 0.4) is 0 Å². The highest BCUT2D eigenvalue weighted by molar-refractivity contribution is 7.89. The standard InChI is InChI=1S/C12H18N4O4S/c1-15(10-3-4-10)7-6-14-21(19,20)12-8-9(13)2-5-11(12)16(17)18/h2,5,8,10,14H,3-4,6-7,13H2,1H3. The lowest BCUT2D eigenvalue weighted by Gasteiger charge is -2.15.